The summed E-state index contributed by atoms with van der Waals surface area (Å²) in [4.78, 5) is 22.1. The number of thiophene rings is 1. The van der Waals surface area contributed by atoms with E-state index in [4.69, 9.17) is 9.97 Å². The topological polar surface area (TPSA) is 66.9 Å². The largest absolute Gasteiger partial charge is 0.365 e. The Morgan fingerprint density at radius 3 is 2.89 bits per heavy atom. The van der Waals surface area contributed by atoms with E-state index in [2.05, 4.69) is 16.7 Å². The van der Waals surface area contributed by atoms with Crippen LogP contribution in [-0.4, -0.2) is 15.9 Å². The molecular formula is C21H16N4OS. The molecule has 1 amide bonds. The number of carbonyl (C=O) groups is 1. The first kappa shape index (κ1) is 16.0. The minimum Gasteiger partial charge on any atom is -0.365 e. The first-order valence-electron chi connectivity index (χ1n) is 8.72. The van der Waals surface area contributed by atoms with Crippen LogP contribution >= 0.6 is 11.3 Å². The molecule has 0 atom stereocenters. The third kappa shape index (κ3) is 3.04. The average molecular weight is 372 g/mol. The fourth-order valence-corrected chi connectivity index (χ4v) is 3.96. The van der Waals surface area contributed by atoms with Gasteiger partial charge < -0.3 is 10.6 Å². The summed E-state index contributed by atoms with van der Waals surface area (Å²) in [6.45, 7) is 0.631. The quantitative estimate of drug-likeness (QED) is 0.555. The number of carbonyl (C=O) groups excluding carboxylic acids is 1. The third-order valence-corrected chi connectivity index (χ3v) is 5.47. The van der Waals surface area contributed by atoms with Crippen molar-refractivity contribution < 1.29 is 4.79 Å². The molecular weight excluding hydrogens is 356 g/mol. The Hall–Kier alpha value is -3.25. The smallest absolute Gasteiger partial charge is 0.228 e. The number of hydrogen-bond acceptors (Lipinski definition) is 5. The molecule has 0 spiro atoms. The van der Waals surface area contributed by atoms with Crippen molar-refractivity contribution in [2.45, 2.75) is 13.0 Å². The third-order valence-electron chi connectivity index (χ3n) is 4.60. The van der Waals surface area contributed by atoms with Gasteiger partial charge in [-0.1, -0.05) is 30.3 Å². The van der Waals surface area contributed by atoms with Gasteiger partial charge in [0, 0.05) is 17.6 Å². The van der Waals surface area contributed by atoms with Crippen LogP contribution in [0.3, 0.4) is 0 Å². The number of amides is 1. The lowest BCUT2D eigenvalue weighted by Gasteiger charge is -2.11. The number of nitrogens with zero attached hydrogens (tertiary/aromatic N) is 2. The minimum atomic E-state index is 0.0532. The van der Waals surface area contributed by atoms with Gasteiger partial charge in [-0.25, -0.2) is 9.97 Å². The molecule has 1 aliphatic heterocycles. The van der Waals surface area contributed by atoms with Gasteiger partial charge >= 0.3 is 0 Å². The Bertz CT molecular complexity index is 1150. The SMILES string of the molecule is O=C1Cc2cc(CNc3nc(-c4cccs4)nc4ccccc34)ccc2N1. The molecule has 0 aliphatic carbocycles. The first-order chi connectivity index (χ1) is 13.3. The molecule has 0 saturated heterocycles. The zero-order chi connectivity index (χ0) is 18.2. The number of benzene rings is 2. The molecule has 0 unspecified atom stereocenters. The summed E-state index contributed by atoms with van der Waals surface area (Å²) in [7, 11) is 0. The fraction of sp³-hybridized carbons (Fsp3) is 0.0952. The standard InChI is InChI=1S/C21H16N4OS/c26-19-11-14-10-13(7-8-16(14)23-19)12-22-20-15-4-1-2-5-17(15)24-21(25-20)18-6-3-9-27-18/h1-10H,11-12H2,(H,23,26)(H,22,24,25). The van der Waals surface area contributed by atoms with Crippen molar-refractivity contribution >= 4 is 39.7 Å². The van der Waals surface area contributed by atoms with Crippen molar-refractivity contribution in [2.24, 2.45) is 0 Å². The molecule has 1 aliphatic rings. The Labute approximate surface area is 160 Å². The van der Waals surface area contributed by atoms with Crippen LogP contribution in [0.5, 0.6) is 0 Å². The van der Waals surface area contributed by atoms with Gasteiger partial charge in [0.2, 0.25) is 5.91 Å². The maximum atomic E-state index is 11.5. The predicted octanol–water partition coefficient (Wildman–Crippen LogP) is 4.47. The maximum Gasteiger partial charge on any atom is 0.228 e. The fourth-order valence-electron chi connectivity index (χ4n) is 3.31. The molecule has 2 aromatic carbocycles. The van der Waals surface area contributed by atoms with Gasteiger partial charge in [-0.15, -0.1) is 11.3 Å². The Morgan fingerprint density at radius 2 is 2.00 bits per heavy atom. The van der Waals surface area contributed by atoms with Crippen molar-refractivity contribution in [3.8, 4) is 10.7 Å². The molecule has 2 aromatic heterocycles. The van der Waals surface area contributed by atoms with Crippen LogP contribution in [0.25, 0.3) is 21.6 Å². The molecule has 6 heteroatoms. The molecule has 5 rings (SSSR count). The van der Waals surface area contributed by atoms with Crippen LogP contribution in [0.15, 0.2) is 60.0 Å². The molecule has 0 saturated carbocycles. The number of fused-ring (bicyclic) bond motifs is 2. The molecule has 0 bridgehead atoms. The molecule has 2 N–H and O–H groups in total. The van der Waals surface area contributed by atoms with Crippen molar-refractivity contribution in [3.05, 3.63) is 71.1 Å². The number of aromatic nitrogens is 2. The second kappa shape index (κ2) is 6.48. The molecule has 0 radical (unpaired) electrons. The molecule has 132 valence electrons. The van der Waals surface area contributed by atoms with Crippen LogP contribution in [0.4, 0.5) is 11.5 Å². The van der Waals surface area contributed by atoms with Gasteiger partial charge in [0.05, 0.1) is 16.8 Å². The summed E-state index contributed by atoms with van der Waals surface area (Å²) in [5.74, 6) is 1.60. The van der Waals surface area contributed by atoms with E-state index < -0.39 is 0 Å². The monoisotopic (exact) mass is 372 g/mol. The second-order valence-electron chi connectivity index (χ2n) is 6.46. The minimum absolute atomic E-state index is 0.0532. The van der Waals surface area contributed by atoms with E-state index >= 15 is 0 Å². The Balaban J connectivity index is 1.48. The lowest BCUT2D eigenvalue weighted by Crippen LogP contribution is -2.04. The first-order valence-corrected chi connectivity index (χ1v) is 9.60. The van der Waals surface area contributed by atoms with Gasteiger partial charge in [0.25, 0.3) is 0 Å². The van der Waals surface area contributed by atoms with Crippen molar-refractivity contribution in [1.29, 1.82) is 0 Å². The Kier molecular flexibility index (Phi) is 3.83. The normalized spacial score (nSPS) is 12.8. The van der Waals surface area contributed by atoms with Crippen molar-refractivity contribution in [1.82, 2.24) is 9.97 Å². The van der Waals surface area contributed by atoms with Gasteiger partial charge in [0.15, 0.2) is 5.82 Å². The van der Waals surface area contributed by atoms with E-state index in [-0.39, 0.29) is 5.91 Å². The summed E-state index contributed by atoms with van der Waals surface area (Å²) in [5.41, 5.74) is 4.00. The van der Waals surface area contributed by atoms with E-state index in [1.165, 1.54) is 0 Å². The van der Waals surface area contributed by atoms with Crippen LogP contribution in [-0.2, 0) is 17.8 Å². The molecule has 0 fully saturated rings. The predicted molar refractivity (Wildman–Crippen MR) is 109 cm³/mol. The maximum absolute atomic E-state index is 11.5. The second-order valence-corrected chi connectivity index (χ2v) is 7.41. The highest BCUT2D eigenvalue weighted by molar-refractivity contribution is 7.13. The highest BCUT2D eigenvalue weighted by Gasteiger charge is 2.17. The van der Waals surface area contributed by atoms with Gasteiger partial charge in [-0.05, 0) is 40.8 Å². The summed E-state index contributed by atoms with van der Waals surface area (Å²) in [6.07, 6.45) is 0.447. The van der Waals surface area contributed by atoms with Crippen molar-refractivity contribution in [3.63, 3.8) is 0 Å². The summed E-state index contributed by atoms with van der Waals surface area (Å²) >= 11 is 1.63. The summed E-state index contributed by atoms with van der Waals surface area (Å²) < 4.78 is 0. The van der Waals surface area contributed by atoms with E-state index in [9.17, 15) is 4.79 Å². The number of anilines is 2. The van der Waals surface area contributed by atoms with Crippen LogP contribution in [0.2, 0.25) is 0 Å². The van der Waals surface area contributed by atoms with E-state index in [0.717, 1.165) is 44.2 Å². The van der Waals surface area contributed by atoms with Gasteiger partial charge in [-0.2, -0.15) is 0 Å². The van der Waals surface area contributed by atoms with Crippen LogP contribution in [0, 0.1) is 0 Å². The average Bonchev–Trinajstić information content (AvgIpc) is 3.34. The molecule has 3 heterocycles. The number of nitrogens with one attached hydrogen (secondary N) is 2. The lowest BCUT2D eigenvalue weighted by atomic mass is 10.1. The molecule has 4 aromatic rings. The van der Waals surface area contributed by atoms with Crippen LogP contribution in [0.1, 0.15) is 11.1 Å². The molecule has 27 heavy (non-hydrogen) atoms. The number of hydrogen-bond donors (Lipinski definition) is 2. The highest BCUT2D eigenvalue weighted by atomic mass is 32.1. The lowest BCUT2D eigenvalue weighted by molar-refractivity contribution is -0.115. The van der Waals surface area contributed by atoms with Crippen LogP contribution < -0.4 is 10.6 Å². The van der Waals surface area contributed by atoms with Crippen molar-refractivity contribution in [2.75, 3.05) is 10.6 Å². The van der Waals surface area contributed by atoms with Gasteiger partial charge in [0.1, 0.15) is 5.82 Å². The summed E-state index contributed by atoms with van der Waals surface area (Å²) in [5, 5.41) is 9.35. The Morgan fingerprint density at radius 1 is 1.07 bits per heavy atom. The van der Waals surface area contributed by atoms with E-state index in [1.807, 2.05) is 53.9 Å². The van der Waals surface area contributed by atoms with E-state index in [0.29, 0.717) is 13.0 Å². The molecule has 5 nitrogen and oxygen atoms in total. The number of rotatable bonds is 4. The number of para-hydroxylation sites is 1. The zero-order valence-corrected chi connectivity index (χ0v) is 15.2. The van der Waals surface area contributed by atoms with E-state index in [1.54, 1.807) is 11.3 Å². The van der Waals surface area contributed by atoms with Gasteiger partial charge in [-0.3, -0.25) is 4.79 Å². The highest BCUT2D eigenvalue weighted by Crippen LogP contribution is 2.28. The summed E-state index contributed by atoms with van der Waals surface area (Å²) in [6, 6.07) is 18.1. The zero-order valence-electron chi connectivity index (χ0n) is 14.4.